The van der Waals surface area contributed by atoms with Crippen molar-refractivity contribution in [2.75, 3.05) is 7.11 Å². The summed E-state index contributed by atoms with van der Waals surface area (Å²) in [4.78, 5) is 0. The van der Waals surface area contributed by atoms with E-state index in [9.17, 15) is 0 Å². The lowest BCUT2D eigenvalue weighted by Gasteiger charge is -2.13. The number of halogens is 5. The van der Waals surface area contributed by atoms with E-state index in [4.69, 9.17) is 9.47 Å². The smallest absolute Gasteiger partial charge is 0.155 e. The first-order chi connectivity index (χ1) is 9.42. The number of benzene rings is 2. The lowest BCUT2D eigenvalue weighted by Crippen LogP contribution is -1.91. The summed E-state index contributed by atoms with van der Waals surface area (Å²) >= 11 is 17.3. The molecule has 0 radical (unpaired) electrons. The van der Waals surface area contributed by atoms with Crippen molar-refractivity contribution in [1.29, 1.82) is 0 Å². The normalized spacial score (nSPS) is 10.5. The van der Waals surface area contributed by atoms with Crippen molar-refractivity contribution in [2.24, 2.45) is 0 Å². The molecule has 0 atom stereocenters. The largest absolute Gasteiger partial charge is 0.496 e. The molecule has 0 aliphatic rings. The Balaban J connectivity index is 2.43. The Morgan fingerprint density at radius 3 is 1.75 bits per heavy atom. The summed E-state index contributed by atoms with van der Waals surface area (Å²) in [5.74, 6) is 2.12. The number of methoxy groups -OCH3 is 1. The van der Waals surface area contributed by atoms with Gasteiger partial charge in [0.05, 0.1) is 25.0 Å². The van der Waals surface area contributed by atoms with Gasteiger partial charge in [-0.3, -0.25) is 0 Å². The van der Waals surface area contributed by atoms with E-state index in [0.717, 1.165) is 28.1 Å². The third-order valence-corrected chi connectivity index (χ3v) is 5.26. The molecule has 0 aliphatic carbocycles. The summed E-state index contributed by atoms with van der Waals surface area (Å²) in [6, 6.07) is 7.54. The zero-order chi connectivity index (χ0) is 14.9. The van der Waals surface area contributed by atoms with Gasteiger partial charge < -0.3 is 9.47 Å². The second-order valence-electron chi connectivity index (χ2n) is 3.72. The van der Waals surface area contributed by atoms with Crippen molar-refractivity contribution >= 4 is 79.6 Å². The Kier molecular flexibility index (Phi) is 5.99. The van der Waals surface area contributed by atoms with Gasteiger partial charge in [-0.25, -0.2) is 0 Å². The third kappa shape index (κ3) is 3.80. The molecule has 0 unspecified atom stereocenters. The molecule has 2 aromatic rings. The second-order valence-corrected chi connectivity index (χ2v) is 8.05. The Morgan fingerprint density at radius 1 is 0.700 bits per heavy atom. The van der Waals surface area contributed by atoms with Crippen molar-refractivity contribution in [3.8, 4) is 17.2 Å². The molecule has 0 spiro atoms. The molecule has 0 bridgehead atoms. The summed E-state index contributed by atoms with van der Waals surface area (Å²) in [6.45, 7) is 0. The van der Waals surface area contributed by atoms with Crippen LogP contribution >= 0.6 is 79.6 Å². The number of ether oxygens (including phenoxy) is 2. The van der Waals surface area contributed by atoms with Crippen molar-refractivity contribution < 1.29 is 9.47 Å². The summed E-state index contributed by atoms with van der Waals surface area (Å²) in [5, 5.41) is 0. The second kappa shape index (κ2) is 7.13. The predicted molar refractivity (Wildman–Crippen MR) is 98.0 cm³/mol. The van der Waals surface area contributed by atoms with E-state index in [1.165, 1.54) is 0 Å². The highest BCUT2D eigenvalue weighted by molar-refractivity contribution is 9.12. The fourth-order valence-electron chi connectivity index (χ4n) is 1.48. The maximum Gasteiger partial charge on any atom is 0.155 e. The Labute approximate surface area is 158 Å². The molecule has 2 aromatic carbocycles. The van der Waals surface area contributed by atoms with Gasteiger partial charge in [0.2, 0.25) is 0 Å². The maximum absolute atomic E-state index is 5.96. The van der Waals surface area contributed by atoms with Gasteiger partial charge in [-0.05, 0) is 88.0 Å². The van der Waals surface area contributed by atoms with Crippen LogP contribution in [0.4, 0.5) is 0 Å². The first-order valence-corrected chi connectivity index (χ1v) is 9.24. The van der Waals surface area contributed by atoms with Gasteiger partial charge >= 0.3 is 0 Å². The Bertz CT molecular complexity index is 634. The van der Waals surface area contributed by atoms with E-state index in [1.807, 2.05) is 24.3 Å². The van der Waals surface area contributed by atoms with E-state index in [0.29, 0.717) is 11.5 Å². The minimum absolute atomic E-state index is 0.682. The van der Waals surface area contributed by atoms with Crippen molar-refractivity contribution in [3.63, 3.8) is 0 Å². The molecular weight excluding hydrogens is 588 g/mol. The van der Waals surface area contributed by atoms with Crippen LogP contribution in [0.1, 0.15) is 0 Å². The first kappa shape index (κ1) is 16.8. The molecule has 0 saturated heterocycles. The predicted octanol–water partition coefficient (Wildman–Crippen LogP) is 7.30. The molecule has 2 rings (SSSR count). The quantitative estimate of drug-likeness (QED) is 0.371. The van der Waals surface area contributed by atoms with E-state index < -0.39 is 0 Å². The topological polar surface area (TPSA) is 18.5 Å². The summed E-state index contributed by atoms with van der Waals surface area (Å²) in [5.41, 5.74) is 0. The Morgan fingerprint density at radius 2 is 1.20 bits per heavy atom. The molecule has 0 N–H and O–H groups in total. The fraction of sp³-hybridized carbons (Fsp3) is 0.0769. The van der Waals surface area contributed by atoms with Crippen LogP contribution in [-0.2, 0) is 0 Å². The zero-order valence-corrected chi connectivity index (χ0v) is 17.9. The summed E-state index contributed by atoms with van der Waals surface area (Å²) in [6.07, 6.45) is 0. The lowest BCUT2D eigenvalue weighted by molar-refractivity contribution is 0.409. The minimum Gasteiger partial charge on any atom is -0.496 e. The lowest BCUT2D eigenvalue weighted by atomic mass is 10.3. The average molecular weight is 595 g/mol. The number of hydrogen-bond donors (Lipinski definition) is 0. The van der Waals surface area contributed by atoms with E-state index in [-0.39, 0.29) is 0 Å². The molecule has 0 heterocycles. The molecular formula is C13H7Br5O2. The highest BCUT2D eigenvalue weighted by Crippen LogP contribution is 2.43. The molecule has 0 aliphatic heterocycles. The standard InChI is InChI=1S/C13H7Br5O2/c1-19-11-4-8(16)12(5-7(11)15)20-13-9(17)2-6(14)3-10(13)18/h2-5H,1H3. The third-order valence-electron chi connectivity index (χ3n) is 2.38. The number of rotatable bonds is 3. The van der Waals surface area contributed by atoms with Gasteiger partial charge in [-0.15, -0.1) is 0 Å². The van der Waals surface area contributed by atoms with Crippen LogP contribution in [0.15, 0.2) is 46.6 Å². The van der Waals surface area contributed by atoms with E-state index in [2.05, 4.69) is 79.6 Å². The molecule has 0 amide bonds. The summed E-state index contributed by atoms with van der Waals surface area (Å²) in [7, 11) is 1.62. The zero-order valence-electron chi connectivity index (χ0n) is 10.0. The average Bonchev–Trinajstić information content (AvgIpc) is 2.37. The molecule has 20 heavy (non-hydrogen) atoms. The molecule has 0 fully saturated rings. The molecule has 7 heteroatoms. The van der Waals surface area contributed by atoms with Crippen LogP contribution in [0.25, 0.3) is 0 Å². The Hall–Kier alpha value is 0.440. The van der Waals surface area contributed by atoms with Gasteiger partial charge in [-0.2, -0.15) is 0 Å². The van der Waals surface area contributed by atoms with Crippen molar-refractivity contribution in [1.82, 2.24) is 0 Å². The van der Waals surface area contributed by atoms with Crippen molar-refractivity contribution in [3.05, 3.63) is 46.6 Å². The van der Waals surface area contributed by atoms with Crippen LogP contribution in [0, 0.1) is 0 Å². The van der Waals surface area contributed by atoms with Crippen LogP contribution in [-0.4, -0.2) is 7.11 Å². The van der Waals surface area contributed by atoms with Gasteiger partial charge in [0.1, 0.15) is 11.5 Å². The SMILES string of the molecule is COc1cc(Br)c(Oc2c(Br)cc(Br)cc2Br)cc1Br. The minimum atomic E-state index is 0.682. The molecule has 2 nitrogen and oxygen atoms in total. The summed E-state index contributed by atoms with van der Waals surface area (Å²) < 4.78 is 15.5. The van der Waals surface area contributed by atoms with E-state index >= 15 is 0 Å². The van der Waals surface area contributed by atoms with Crippen LogP contribution < -0.4 is 9.47 Å². The fourth-order valence-corrected chi connectivity index (χ4v) is 4.79. The maximum atomic E-state index is 5.96. The van der Waals surface area contributed by atoms with Crippen LogP contribution in [0.5, 0.6) is 17.2 Å². The van der Waals surface area contributed by atoms with Crippen LogP contribution in [0.2, 0.25) is 0 Å². The van der Waals surface area contributed by atoms with Gasteiger partial charge in [0, 0.05) is 4.47 Å². The molecule has 106 valence electrons. The van der Waals surface area contributed by atoms with Crippen molar-refractivity contribution in [2.45, 2.75) is 0 Å². The first-order valence-electron chi connectivity index (χ1n) is 5.27. The molecule has 0 saturated carbocycles. The van der Waals surface area contributed by atoms with Crippen LogP contribution in [0.3, 0.4) is 0 Å². The van der Waals surface area contributed by atoms with Gasteiger partial charge in [0.25, 0.3) is 0 Å². The van der Waals surface area contributed by atoms with Gasteiger partial charge in [0.15, 0.2) is 5.75 Å². The number of hydrogen-bond acceptors (Lipinski definition) is 2. The highest BCUT2D eigenvalue weighted by atomic mass is 79.9. The molecule has 0 aromatic heterocycles. The van der Waals surface area contributed by atoms with Gasteiger partial charge in [-0.1, -0.05) is 15.9 Å². The van der Waals surface area contributed by atoms with E-state index in [1.54, 1.807) is 7.11 Å². The monoisotopic (exact) mass is 590 g/mol. The highest BCUT2D eigenvalue weighted by Gasteiger charge is 2.13.